The second-order valence-corrected chi connectivity index (χ2v) is 12.4. The van der Waals surface area contributed by atoms with Crippen molar-refractivity contribution in [2.24, 2.45) is 0 Å². The number of aryl methyl sites for hydroxylation is 1. The van der Waals surface area contributed by atoms with Crippen LogP contribution >= 0.6 is 0 Å². The Balaban J connectivity index is 1.66. The summed E-state index contributed by atoms with van der Waals surface area (Å²) >= 11 is 0. The number of aromatic amines is 1. The Hall–Kier alpha value is -3.55. The minimum atomic E-state index is -3.96. The third kappa shape index (κ3) is 6.95. The first-order valence-corrected chi connectivity index (χ1v) is 14.9. The molecule has 40 heavy (non-hydrogen) atoms. The van der Waals surface area contributed by atoms with Gasteiger partial charge >= 0.3 is 0 Å². The molecule has 0 bridgehead atoms. The molecule has 1 unspecified atom stereocenters. The van der Waals surface area contributed by atoms with Crippen molar-refractivity contribution in [3.63, 3.8) is 0 Å². The van der Waals surface area contributed by atoms with Crippen LogP contribution in [-0.4, -0.2) is 42.9 Å². The van der Waals surface area contributed by atoms with E-state index in [4.69, 9.17) is 6.42 Å². The zero-order valence-electron chi connectivity index (χ0n) is 22.5. The van der Waals surface area contributed by atoms with Crippen LogP contribution < -0.4 is 10.6 Å². The fraction of sp³-hybridized carbons (Fsp3) is 0.367. The number of amides is 1. The molecule has 7 nitrogen and oxygen atoms in total. The van der Waals surface area contributed by atoms with Gasteiger partial charge in [-0.25, -0.2) is 17.2 Å². The van der Waals surface area contributed by atoms with Gasteiger partial charge in [-0.05, 0) is 74.1 Å². The number of carbonyl (C=O) groups is 1. The maximum Gasteiger partial charge on any atom is 0.269 e. The first kappa shape index (κ1) is 29.4. The van der Waals surface area contributed by atoms with Crippen molar-refractivity contribution in [1.82, 2.24) is 20.8 Å². The largest absolute Gasteiger partial charge is 0.346 e. The van der Waals surface area contributed by atoms with E-state index in [-0.39, 0.29) is 29.1 Å². The molecule has 1 saturated carbocycles. The standard InChI is InChI=1S/C30H33F2N4O3S/c1-4-6-14-40(38,39)28(22-17-24(31)19-25(32)18-22)26(34-29(37)27-15-20(3)35-36-27)10-13-33-30(11-12-30)23-9-7-8-21(5-2)16-23/h2,7-10,15-19,26,28,33H,4,6,11-14H2,1,3H3,(H,34,37)(H,35,36)/t26-,28?/m0/s1. The number of sulfone groups is 1. The number of aromatic nitrogens is 2. The van der Waals surface area contributed by atoms with Crippen molar-refractivity contribution in [3.05, 3.63) is 94.7 Å². The van der Waals surface area contributed by atoms with E-state index in [1.807, 2.05) is 31.2 Å². The average Bonchev–Trinajstić information content (AvgIpc) is 3.57. The monoisotopic (exact) mass is 567 g/mol. The fourth-order valence-electron chi connectivity index (χ4n) is 4.86. The van der Waals surface area contributed by atoms with Gasteiger partial charge in [-0.3, -0.25) is 9.89 Å². The predicted molar refractivity (Wildman–Crippen MR) is 150 cm³/mol. The molecule has 3 aromatic rings. The molecule has 2 aromatic carbocycles. The predicted octanol–water partition coefficient (Wildman–Crippen LogP) is 4.52. The molecular formula is C30H33F2N4O3S. The smallest absolute Gasteiger partial charge is 0.269 e. The fourth-order valence-corrected chi connectivity index (χ4v) is 6.98. The molecule has 4 rings (SSSR count). The minimum absolute atomic E-state index is 0.0706. The molecular weight excluding hydrogens is 534 g/mol. The number of halogens is 2. The molecule has 0 aliphatic heterocycles. The van der Waals surface area contributed by atoms with E-state index in [0.717, 1.165) is 36.1 Å². The number of unbranched alkanes of at least 4 members (excludes halogenated alkanes) is 1. The van der Waals surface area contributed by atoms with E-state index in [1.54, 1.807) is 13.3 Å². The summed E-state index contributed by atoms with van der Waals surface area (Å²) in [6.07, 6.45) is 9.89. The van der Waals surface area contributed by atoms with E-state index in [9.17, 15) is 22.0 Å². The van der Waals surface area contributed by atoms with Crippen LogP contribution in [0.2, 0.25) is 0 Å². The molecule has 1 aliphatic carbocycles. The molecule has 1 aliphatic rings. The third-order valence-electron chi connectivity index (χ3n) is 7.10. The van der Waals surface area contributed by atoms with Crippen molar-refractivity contribution in [2.75, 3.05) is 12.3 Å². The number of rotatable bonds is 13. The number of benzene rings is 2. The molecule has 1 fully saturated rings. The van der Waals surface area contributed by atoms with E-state index >= 15 is 0 Å². The van der Waals surface area contributed by atoms with Gasteiger partial charge in [0, 0.05) is 23.7 Å². The summed E-state index contributed by atoms with van der Waals surface area (Å²) in [7, 11) is -3.96. The van der Waals surface area contributed by atoms with Gasteiger partial charge in [0.25, 0.3) is 5.91 Å². The van der Waals surface area contributed by atoms with Crippen LogP contribution in [-0.2, 0) is 15.4 Å². The quantitative estimate of drug-likeness (QED) is 0.264. The van der Waals surface area contributed by atoms with Crippen LogP contribution in [0.1, 0.15) is 70.7 Å². The Bertz CT molecular complexity index is 1490. The SMILES string of the molecule is C#Cc1cccc(C2(NC[CH][C@H](NC(=O)c3cc(C)n[nH]3)C(c3cc(F)cc(F)c3)S(=O)(=O)CCCC)CC2)c1. The minimum Gasteiger partial charge on any atom is -0.346 e. The van der Waals surface area contributed by atoms with E-state index < -0.39 is 38.7 Å². The number of nitrogens with zero attached hydrogens (tertiary/aromatic N) is 1. The van der Waals surface area contributed by atoms with Crippen LogP contribution in [0.5, 0.6) is 0 Å². The molecule has 0 saturated heterocycles. The third-order valence-corrected chi connectivity index (χ3v) is 9.30. The topological polar surface area (TPSA) is 104 Å². The van der Waals surface area contributed by atoms with E-state index in [1.165, 1.54) is 6.07 Å². The van der Waals surface area contributed by atoms with Crippen LogP contribution in [0.4, 0.5) is 8.78 Å². The lowest BCUT2D eigenvalue weighted by Gasteiger charge is -2.29. The van der Waals surface area contributed by atoms with Gasteiger partial charge in [-0.2, -0.15) is 5.10 Å². The lowest BCUT2D eigenvalue weighted by molar-refractivity contribution is 0.0935. The number of hydrogen-bond acceptors (Lipinski definition) is 5. The van der Waals surface area contributed by atoms with Crippen LogP contribution in [0.15, 0.2) is 48.5 Å². The molecule has 1 radical (unpaired) electrons. The first-order chi connectivity index (χ1) is 19.1. The summed E-state index contributed by atoms with van der Waals surface area (Å²) < 4.78 is 56.0. The van der Waals surface area contributed by atoms with Crippen LogP contribution in [0.3, 0.4) is 0 Å². The summed E-state index contributed by atoms with van der Waals surface area (Å²) in [5.74, 6) is 0.0493. The second-order valence-electron chi connectivity index (χ2n) is 10.2. The van der Waals surface area contributed by atoms with Crippen molar-refractivity contribution in [3.8, 4) is 12.3 Å². The number of hydrogen-bond donors (Lipinski definition) is 3. The highest BCUT2D eigenvalue weighted by atomic mass is 32.2. The highest BCUT2D eigenvalue weighted by Crippen LogP contribution is 2.45. The van der Waals surface area contributed by atoms with Gasteiger partial charge in [0.15, 0.2) is 9.84 Å². The Morgan fingerprint density at radius 2 is 1.93 bits per heavy atom. The summed E-state index contributed by atoms with van der Waals surface area (Å²) in [4.78, 5) is 13.2. The lowest BCUT2D eigenvalue weighted by Crippen LogP contribution is -2.45. The molecule has 1 aromatic heterocycles. The molecule has 211 valence electrons. The first-order valence-electron chi connectivity index (χ1n) is 13.2. The molecule has 0 spiro atoms. The highest BCUT2D eigenvalue weighted by Gasteiger charge is 2.44. The average molecular weight is 568 g/mol. The normalized spacial score (nSPS) is 15.7. The Labute approximate surface area is 234 Å². The molecule has 3 N–H and O–H groups in total. The van der Waals surface area contributed by atoms with Crippen molar-refractivity contribution < 1.29 is 22.0 Å². The summed E-state index contributed by atoms with van der Waals surface area (Å²) in [6, 6.07) is 10.8. The Morgan fingerprint density at radius 3 is 2.52 bits per heavy atom. The Morgan fingerprint density at radius 1 is 1.20 bits per heavy atom. The van der Waals surface area contributed by atoms with Gasteiger partial charge in [-0.1, -0.05) is 31.4 Å². The summed E-state index contributed by atoms with van der Waals surface area (Å²) in [6.45, 7) is 3.77. The zero-order chi connectivity index (χ0) is 28.9. The van der Waals surface area contributed by atoms with Crippen molar-refractivity contribution >= 4 is 15.7 Å². The lowest BCUT2D eigenvalue weighted by atomic mass is 9.99. The molecule has 1 heterocycles. The Kier molecular flexibility index (Phi) is 9.06. The molecule has 1 amide bonds. The molecule has 2 atom stereocenters. The number of nitrogens with one attached hydrogen (secondary N) is 3. The maximum atomic E-state index is 14.3. The van der Waals surface area contributed by atoms with E-state index in [2.05, 4.69) is 26.8 Å². The van der Waals surface area contributed by atoms with Gasteiger partial charge in [0.05, 0.1) is 17.5 Å². The number of carbonyl (C=O) groups excluding carboxylic acids is 1. The number of terminal acetylenes is 1. The zero-order valence-corrected chi connectivity index (χ0v) is 23.3. The van der Waals surface area contributed by atoms with Gasteiger partial charge < -0.3 is 10.6 Å². The van der Waals surface area contributed by atoms with Gasteiger partial charge in [-0.15, -0.1) is 6.42 Å². The van der Waals surface area contributed by atoms with Crippen LogP contribution in [0.25, 0.3) is 0 Å². The van der Waals surface area contributed by atoms with Crippen molar-refractivity contribution in [2.45, 2.75) is 56.4 Å². The highest BCUT2D eigenvalue weighted by molar-refractivity contribution is 7.91. The molecule has 10 heteroatoms. The summed E-state index contributed by atoms with van der Waals surface area (Å²) in [5.41, 5.74) is 2.09. The van der Waals surface area contributed by atoms with Crippen molar-refractivity contribution in [1.29, 1.82) is 0 Å². The van der Waals surface area contributed by atoms with Gasteiger partial charge in [0.1, 0.15) is 22.6 Å². The van der Waals surface area contributed by atoms with Gasteiger partial charge in [0.2, 0.25) is 0 Å². The van der Waals surface area contributed by atoms with E-state index in [0.29, 0.717) is 24.6 Å². The van der Waals surface area contributed by atoms with Crippen LogP contribution in [0, 0.1) is 37.3 Å². The summed E-state index contributed by atoms with van der Waals surface area (Å²) in [5, 5.41) is 11.4. The number of H-pyrrole nitrogens is 1. The second kappa shape index (κ2) is 12.3. The maximum absolute atomic E-state index is 14.3.